The highest BCUT2D eigenvalue weighted by atomic mass is 19.1. The minimum Gasteiger partial charge on any atom is -0.380 e. The molecule has 3 aliphatic rings. The predicted octanol–water partition coefficient (Wildman–Crippen LogP) is 4.43. The van der Waals surface area contributed by atoms with E-state index in [4.69, 9.17) is 14.4 Å². The predicted molar refractivity (Wildman–Crippen MR) is 124 cm³/mol. The van der Waals surface area contributed by atoms with Crippen LogP contribution in [0.4, 0.5) is 14.6 Å². The molecule has 2 fully saturated rings. The Morgan fingerprint density at radius 2 is 2.00 bits per heavy atom. The zero-order valence-corrected chi connectivity index (χ0v) is 19.4. The van der Waals surface area contributed by atoms with Crippen molar-refractivity contribution < 1.29 is 18.0 Å². The van der Waals surface area contributed by atoms with Crippen LogP contribution in [0.25, 0.3) is 22.9 Å². The maximum Gasteiger partial charge on any atom is 0.183 e. The van der Waals surface area contributed by atoms with Crippen LogP contribution < -0.4 is 4.90 Å². The van der Waals surface area contributed by atoms with Gasteiger partial charge >= 0.3 is 0 Å². The zero-order chi connectivity index (χ0) is 24.0. The molecule has 2 saturated heterocycles. The first-order valence-corrected chi connectivity index (χ1v) is 11.9. The molecule has 2 aliphatic heterocycles. The van der Waals surface area contributed by atoms with E-state index in [0.29, 0.717) is 42.5 Å². The summed E-state index contributed by atoms with van der Waals surface area (Å²) in [5.74, 6) is -0.412. The summed E-state index contributed by atoms with van der Waals surface area (Å²) >= 11 is 0. The van der Waals surface area contributed by atoms with Crippen LogP contribution in [-0.2, 0) is 11.3 Å². The molecule has 0 bridgehead atoms. The SMILES string of the molecule is CC1C=CC=C(F)C1Cn1nc(-c2ncc(F)c(N3CCC4(CC3)COC4)n2)cc1-c1ccon1. The van der Waals surface area contributed by atoms with E-state index in [0.717, 1.165) is 26.1 Å². The van der Waals surface area contributed by atoms with Crippen LogP contribution in [0.5, 0.6) is 0 Å². The average molecular weight is 481 g/mol. The molecule has 2 atom stereocenters. The maximum atomic E-state index is 14.8. The number of aromatic nitrogens is 5. The van der Waals surface area contributed by atoms with E-state index in [1.165, 1.54) is 18.5 Å². The van der Waals surface area contributed by atoms with Crippen LogP contribution in [-0.4, -0.2) is 51.2 Å². The molecule has 2 unspecified atom stereocenters. The van der Waals surface area contributed by atoms with Crippen molar-refractivity contribution in [2.45, 2.75) is 26.3 Å². The fraction of sp³-hybridized carbons (Fsp3) is 0.440. The minimum atomic E-state index is -0.458. The van der Waals surface area contributed by atoms with Crippen molar-refractivity contribution in [2.24, 2.45) is 17.3 Å². The third-order valence-corrected chi connectivity index (χ3v) is 7.40. The molecule has 3 aromatic heterocycles. The Labute approximate surface area is 201 Å². The first kappa shape index (κ1) is 22.1. The second-order valence-electron chi connectivity index (χ2n) is 9.73. The first-order valence-electron chi connectivity index (χ1n) is 11.9. The Hall–Kier alpha value is -3.40. The number of piperidine rings is 1. The summed E-state index contributed by atoms with van der Waals surface area (Å²) in [6.07, 6.45) is 9.76. The molecule has 3 aromatic rings. The van der Waals surface area contributed by atoms with Gasteiger partial charge in [0, 0.05) is 30.5 Å². The van der Waals surface area contributed by atoms with E-state index in [2.05, 4.69) is 15.1 Å². The molecule has 0 aromatic carbocycles. The number of hydrogen-bond donors (Lipinski definition) is 0. The summed E-state index contributed by atoms with van der Waals surface area (Å²) in [6, 6.07) is 3.51. The van der Waals surface area contributed by atoms with Gasteiger partial charge in [0.25, 0.3) is 0 Å². The van der Waals surface area contributed by atoms with Gasteiger partial charge < -0.3 is 14.2 Å². The minimum absolute atomic E-state index is 0.00921. The van der Waals surface area contributed by atoms with Crippen molar-refractivity contribution >= 4 is 5.82 Å². The Bertz CT molecular complexity index is 1270. The standard InChI is InChI=1S/C25H26F2N6O2/c1-16-3-2-4-18(26)17(16)13-33-22(20-5-10-35-31-20)11-21(30-33)23-28-12-19(27)24(29-23)32-8-6-25(7-9-32)14-34-15-25/h2-5,10-12,16-17H,6-9,13-15H2,1H3. The molecule has 10 heteroatoms. The number of rotatable bonds is 5. The Morgan fingerprint density at radius 1 is 1.17 bits per heavy atom. The molecule has 1 aliphatic carbocycles. The lowest BCUT2D eigenvalue weighted by Crippen LogP contribution is -2.51. The highest BCUT2D eigenvalue weighted by molar-refractivity contribution is 5.63. The van der Waals surface area contributed by atoms with Crippen molar-refractivity contribution in [3.05, 3.63) is 54.5 Å². The molecule has 1 spiro atoms. The molecule has 0 radical (unpaired) electrons. The monoisotopic (exact) mass is 480 g/mol. The highest BCUT2D eigenvalue weighted by Crippen LogP contribution is 2.40. The van der Waals surface area contributed by atoms with Crippen LogP contribution >= 0.6 is 0 Å². The number of anilines is 1. The molecule has 182 valence electrons. The fourth-order valence-electron chi connectivity index (χ4n) is 5.06. The summed E-state index contributed by atoms with van der Waals surface area (Å²) < 4.78 is 41.5. The number of ether oxygens (including phenoxy) is 1. The van der Waals surface area contributed by atoms with Gasteiger partial charge in [0.15, 0.2) is 17.5 Å². The maximum absolute atomic E-state index is 14.8. The van der Waals surface area contributed by atoms with Crippen LogP contribution in [0.2, 0.25) is 0 Å². The summed E-state index contributed by atoms with van der Waals surface area (Å²) in [4.78, 5) is 10.8. The highest BCUT2D eigenvalue weighted by Gasteiger charge is 2.41. The molecule has 0 saturated carbocycles. The molecule has 35 heavy (non-hydrogen) atoms. The van der Waals surface area contributed by atoms with E-state index >= 15 is 0 Å². The molecule has 6 rings (SSSR count). The smallest absolute Gasteiger partial charge is 0.183 e. The topological polar surface area (TPSA) is 82.1 Å². The van der Waals surface area contributed by atoms with E-state index in [1.807, 2.05) is 17.9 Å². The van der Waals surface area contributed by atoms with Crippen molar-refractivity contribution in [2.75, 3.05) is 31.2 Å². The van der Waals surface area contributed by atoms with Crippen molar-refractivity contribution in [3.63, 3.8) is 0 Å². The van der Waals surface area contributed by atoms with Gasteiger partial charge in [-0.05, 0) is 30.9 Å². The molecular weight excluding hydrogens is 454 g/mol. The number of allylic oxidation sites excluding steroid dienone is 4. The van der Waals surface area contributed by atoms with Crippen molar-refractivity contribution in [1.29, 1.82) is 0 Å². The number of halogens is 2. The lowest BCUT2D eigenvalue weighted by atomic mass is 9.77. The van der Waals surface area contributed by atoms with Gasteiger partial charge in [0.2, 0.25) is 0 Å². The first-order chi connectivity index (χ1) is 17.0. The zero-order valence-electron chi connectivity index (χ0n) is 19.4. The van der Waals surface area contributed by atoms with Crippen molar-refractivity contribution in [1.82, 2.24) is 24.9 Å². The van der Waals surface area contributed by atoms with Crippen LogP contribution in [0.15, 0.2) is 53.2 Å². The second kappa shape index (κ2) is 8.67. The quantitative estimate of drug-likeness (QED) is 0.534. The Balaban J connectivity index is 1.32. The van der Waals surface area contributed by atoms with E-state index in [-0.39, 0.29) is 28.9 Å². The van der Waals surface area contributed by atoms with Gasteiger partial charge in [-0.2, -0.15) is 5.10 Å². The van der Waals surface area contributed by atoms with Gasteiger partial charge in [-0.25, -0.2) is 18.7 Å². The largest absolute Gasteiger partial charge is 0.380 e. The normalized spacial score (nSPS) is 23.4. The third kappa shape index (κ3) is 4.05. The molecular formula is C25H26F2N6O2. The Kier molecular flexibility index (Phi) is 5.47. The summed E-state index contributed by atoms with van der Waals surface area (Å²) in [7, 11) is 0. The Morgan fingerprint density at radius 3 is 2.69 bits per heavy atom. The van der Waals surface area contributed by atoms with Crippen LogP contribution in [0.1, 0.15) is 19.8 Å². The fourth-order valence-corrected chi connectivity index (χ4v) is 5.06. The second-order valence-corrected chi connectivity index (χ2v) is 9.73. The van der Waals surface area contributed by atoms with E-state index in [9.17, 15) is 8.78 Å². The lowest BCUT2D eigenvalue weighted by Gasteiger charge is -2.47. The van der Waals surface area contributed by atoms with Gasteiger partial charge in [-0.15, -0.1) is 0 Å². The van der Waals surface area contributed by atoms with Crippen LogP contribution in [0.3, 0.4) is 0 Å². The summed E-state index contributed by atoms with van der Waals surface area (Å²) in [5, 5.41) is 8.74. The average Bonchev–Trinajstić information content (AvgIpc) is 3.51. The number of nitrogens with zero attached hydrogens (tertiary/aromatic N) is 6. The third-order valence-electron chi connectivity index (χ3n) is 7.40. The van der Waals surface area contributed by atoms with Gasteiger partial charge in [0.1, 0.15) is 23.5 Å². The molecule has 0 N–H and O–H groups in total. The molecule has 0 amide bonds. The van der Waals surface area contributed by atoms with Gasteiger partial charge in [-0.1, -0.05) is 24.2 Å². The van der Waals surface area contributed by atoms with Gasteiger partial charge in [0.05, 0.1) is 31.6 Å². The molecule has 8 nitrogen and oxygen atoms in total. The summed E-state index contributed by atoms with van der Waals surface area (Å²) in [6.45, 7) is 5.28. The van der Waals surface area contributed by atoms with Crippen molar-refractivity contribution in [3.8, 4) is 22.9 Å². The summed E-state index contributed by atoms with van der Waals surface area (Å²) in [5.41, 5.74) is 1.93. The van der Waals surface area contributed by atoms with Crippen LogP contribution in [0, 0.1) is 23.1 Å². The number of hydrogen-bond acceptors (Lipinski definition) is 7. The van der Waals surface area contributed by atoms with E-state index in [1.54, 1.807) is 22.9 Å². The van der Waals surface area contributed by atoms with Gasteiger partial charge in [-0.3, -0.25) is 4.68 Å². The molecule has 5 heterocycles. The lowest BCUT2D eigenvalue weighted by molar-refractivity contribution is -0.124. The van der Waals surface area contributed by atoms with E-state index < -0.39 is 5.82 Å².